The van der Waals surface area contributed by atoms with E-state index in [-0.39, 0.29) is 38.9 Å². The SMILES string of the molecule is C=N/C(=N\c1ccc(-c2cc(NS(=O)(=O)c3cc(Cl)cnc3OC)ccc2F)cc1C)NC(=O)C(C)(C)C. The molecule has 0 aliphatic rings. The lowest BCUT2D eigenvalue weighted by molar-refractivity contribution is -0.126. The van der Waals surface area contributed by atoms with Gasteiger partial charge in [-0.1, -0.05) is 38.4 Å². The molecule has 0 saturated carbocycles. The summed E-state index contributed by atoms with van der Waals surface area (Å²) in [6.07, 6.45) is 1.26. The van der Waals surface area contributed by atoms with Gasteiger partial charge < -0.3 is 4.74 Å². The van der Waals surface area contributed by atoms with Gasteiger partial charge in [0.2, 0.25) is 17.7 Å². The van der Waals surface area contributed by atoms with Crippen LogP contribution in [0.15, 0.2) is 63.5 Å². The lowest BCUT2D eigenvalue weighted by Crippen LogP contribution is -2.38. The normalized spacial score (nSPS) is 12.1. The average Bonchev–Trinajstić information content (AvgIpc) is 2.85. The van der Waals surface area contributed by atoms with Crippen LogP contribution in [-0.4, -0.2) is 39.1 Å². The second kappa shape index (κ2) is 11.3. The van der Waals surface area contributed by atoms with E-state index in [1.807, 2.05) is 0 Å². The van der Waals surface area contributed by atoms with Crippen LogP contribution in [0.25, 0.3) is 11.1 Å². The van der Waals surface area contributed by atoms with Crippen LogP contribution in [0.1, 0.15) is 26.3 Å². The summed E-state index contributed by atoms with van der Waals surface area (Å²) in [5, 5.41) is 2.74. The standard InChI is InChI=1S/C26H27ClFN5O4S/c1-15-11-16(7-10-21(15)31-25(29-5)32-24(34)26(2,3)4)19-13-18(8-9-20(19)28)33-38(35,36)22-12-17(27)14-30-23(22)37-6/h7-14,33H,5H2,1-4,6H3,(H,31,32,34). The largest absolute Gasteiger partial charge is 0.480 e. The Hall–Kier alpha value is -3.83. The molecule has 9 nitrogen and oxygen atoms in total. The van der Waals surface area contributed by atoms with E-state index >= 15 is 0 Å². The first kappa shape index (κ1) is 28.7. The molecule has 1 aromatic heterocycles. The van der Waals surface area contributed by atoms with Crippen molar-refractivity contribution >= 4 is 51.6 Å². The number of aromatic nitrogens is 1. The number of hydrogen-bond acceptors (Lipinski definition) is 6. The summed E-state index contributed by atoms with van der Waals surface area (Å²) in [5.41, 5.74) is 1.25. The lowest BCUT2D eigenvalue weighted by Gasteiger charge is -2.17. The molecule has 3 rings (SSSR count). The van der Waals surface area contributed by atoms with E-state index in [1.165, 1.54) is 31.5 Å². The number of sulfonamides is 1. The van der Waals surface area contributed by atoms with Crippen LogP contribution in [0.3, 0.4) is 0 Å². The maximum absolute atomic E-state index is 14.8. The number of nitrogens with zero attached hydrogens (tertiary/aromatic N) is 3. The number of nitrogens with one attached hydrogen (secondary N) is 2. The molecule has 1 heterocycles. The third-order valence-electron chi connectivity index (χ3n) is 5.28. The number of aryl methyl sites for hydroxylation is 1. The van der Waals surface area contributed by atoms with Gasteiger partial charge in [-0.15, -0.1) is 0 Å². The van der Waals surface area contributed by atoms with Crippen molar-refractivity contribution in [3.8, 4) is 17.0 Å². The Balaban J connectivity index is 1.93. The number of aliphatic imine (C=N–C) groups is 2. The van der Waals surface area contributed by atoms with Crippen molar-refractivity contribution in [1.29, 1.82) is 0 Å². The van der Waals surface area contributed by atoms with Gasteiger partial charge >= 0.3 is 0 Å². The second-order valence-electron chi connectivity index (χ2n) is 9.26. The van der Waals surface area contributed by atoms with Crippen molar-refractivity contribution in [3.63, 3.8) is 0 Å². The molecule has 0 bridgehead atoms. The fourth-order valence-electron chi connectivity index (χ4n) is 3.23. The summed E-state index contributed by atoms with van der Waals surface area (Å²) >= 11 is 5.92. The van der Waals surface area contributed by atoms with E-state index in [1.54, 1.807) is 45.9 Å². The number of methoxy groups -OCH3 is 1. The second-order valence-corrected chi connectivity index (χ2v) is 11.3. The Morgan fingerprint density at radius 1 is 1.16 bits per heavy atom. The molecule has 0 radical (unpaired) electrons. The van der Waals surface area contributed by atoms with Crippen LogP contribution in [0.5, 0.6) is 5.88 Å². The lowest BCUT2D eigenvalue weighted by atomic mass is 9.96. The van der Waals surface area contributed by atoms with E-state index in [2.05, 4.69) is 31.7 Å². The highest BCUT2D eigenvalue weighted by Gasteiger charge is 2.23. The summed E-state index contributed by atoms with van der Waals surface area (Å²) in [4.78, 5) is 24.0. The van der Waals surface area contributed by atoms with E-state index in [9.17, 15) is 17.6 Å². The van der Waals surface area contributed by atoms with Gasteiger partial charge in [-0.3, -0.25) is 14.8 Å². The molecule has 38 heavy (non-hydrogen) atoms. The Bertz CT molecular complexity index is 1540. The minimum absolute atomic E-state index is 0.0364. The number of anilines is 1. The number of pyridine rings is 1. The van der Waals surface area contributed by atoms with Gasteiger partial charge in [-0.25, -0.2) is 27.8 Å². The fourth-order valence-corrected chi connectivity index (χ4v) is 4.65. The van der Waals surface area contributed by atoms with Gasteiger partial charge in [-0.05, 0) is 61.2 Å². The van der Waals surface area contributed by atoms with Crippen molar-refractivity contribution in [2.75, 3.05) is 11.8 Å². The van der Waals surface area contributed by atoms with Crippen molar-refractivity contribution in [2.24, 2.45) is 15.4 Å². The van der Waals surface area contributed by atoms with Crippen LogP contribution in [0.4, 0.5) is 15.8 Å². The molecule has 0 unspecified atom stereocenters. The van der Waals surface area contributed by atoms with Gasteiger partial charge in [0, 0.05) is 22.9 Å². The molecule has 0 fully saturated rings. The van der Waals surface area contributed by atoms with Crippen molar-refractivity contribution in [1.82, 2.24) is 10.3 Å². The molecular formula is C26H27ClFN5O4S. The summed E-state index contributed by atoms with van der Waals surface area (Å²) < 4.78 is 48.2. The number of ether oxygens (including phenoxy) is 1. The third-order valence-corrected chi connectivity index (χ3v) is 6.86. The number of halogens is 2. The van der Waals surface area contributed by atoms with Crippen molar-refractivity contribution < 1.29 is 22.3 Å². The predicted octanol–water partition coefficient (Wildman–Crippen LogP) is 5.51. The number of guanidine groups is 1. The van der Waals surface area contributed by atoms with Gasteiger partial charge in [-0.2, -0.15) is 0 Å². The molecule has 2 aromatic carbocycles. The molecule has 12 heteroatoms. The molecule has 0 saturated heterocycles. The summed E-state index contributed by atoms with van der Waals surface area (Å²) in [6, 6.07) is 9.98. The molecule has 0 spiro atoms. The number of carbonyl (C=O) groups excluding carboxylic acids is 1. The van der Waals surface area contributed by atoms with Gasteiger partial charge in [0.15, 0.2) is 4.90 Å². The van der Waals surface area contributed by atoms with Crippen LogP contribution in [0, 0.1) is 18.2 Å². The predicted molar refractivity (Wildman–Crippen MR) is 147 cm³/mol. The van der Waals surface area contributed by atoms with E-state index < -0.39 is 21.3 Å². The fraction of sp³-hybridized carbons (Fsp3) is 0.231. The Morgan fingerprint density at radius 3 is 2.47 bits per heavy atom. The minimum atomic E-state index is -4.16. The van der Waals surface area contributed by atoms with Gasteiger partial charge in [0.1, 0.15) is 5.82 Å². The number of rotatable bonds is 6. The number of benzene rings is 2. The Kier molecular flexibility index (Phi) is 8.53. The topological polar surface area (TPSA) is 122 Å². The van der Waals surface area contributed by atoms with Crippen LogP contribution < -0.4 is 14.8 Å². The summed E-state index contributed by atoms with van der Waals surface area (Å²) in [5.74, 6) is -0.931. The molecule has 2 N–H and O–H groups in total. The zero-order valence-corrected chi connectivity index (χ0v) is 23.0. The van der Waals surface area contributed by atoms with Crippen molar-refractivity contribution in [3.05, 3.63) is 65.1 Å². The molecule has 0 aliphatic heterocycles. The van der Waals surface area contributed by atoms with Crippen LogP contribution in [-0.2, 0) is 14.8 Å². The molecule has 200 valence electrons. The van der Waals surface area contributed by atoms with Crippen LogP contribution >= 0.6 is 11.6 Å². The van der Waals surface area contributed by atoms with Crippen molar-refractivity contribution in [2.45, 2.75) is 32.6 Å². The third kappa shape index (κ3) is 6.73. The minimum Gasteiger partial charge on any atom is -0.480 e. The molecular weight excluding hydrogens is 533 g/mol. The quantitative estimate of drug-likeness (QED) is 0.304. The molecule has 3 aromatic rings. The molecule has 1 amide bonds. The molecule has 0 atom stereocenters. The number of amides is 1. The maximum atomic E-state index is 14.8. The van der Waals surface area contributed by atoms with E-state index in [4.69, 9.17) is 16.3 Å². The first-order chi connectivity index (χ1) is 17.7. The number of hydrogen-bond donors (Lipinski definition) is 2. The Morgan fingerprint density at radius 2 is 1.87 bits per heavy atom. The van der Waals surface area contributed by atoms with Gasteiger partial charge in [0.05, 0.1) is 17.8 Å². The zero-order valence-electron chi connectivity index (χ0n) is 21.5. The summed E-state index contributed by atoms with van der Waals surface area (Å²) in [6.45, 7) is 10.5. The van der Waals surface area contributed by atoms with Crippen LogP contribution in [0.2, 0.25) is 5.02 Å². The maximum Gasteiger partial charge on any atom is 0.267 e. The highest BCUT2D eigenvalue weighted by molar-refractivity contribution is 7.92. The summed E-state index contributed by atoms with van der Waals surface area (Å²) in [7, 11) is -2.87. The zero-order chi connectivity index (χ0) is 28.3. The highest BCUT2D eigenvalue weighted by atomic mass is 35.5. The van der Waals surface area contributed by atoms with Gasteiger partial charge in [0.25, 0.3) is 10.0 Å². The first-order valence-electron chi connectivity index (χ1n) is 11.2. The number of carbonyl (C=O) groups is 1. The Labute approximate surface area is 225 Å². The first-order valence-corrected chi connectivity index (χ1v) is 13.1. The average molecular weight is 560 g/mol. The highest BCUT2D eigenvalue weighted by Crippen LogP contribution is 2.32. The van der Waals surface area contributed by atoms with E-state index in [0.29, 0.717) is 16.8 Å². The smallest absolute Gasteiger partial charge is 0.267 e. The van der Waals surface area contributed by atoms with E-state index in [0.717, 1.165) is 6.07 Å². The molecule has 0 aliphatic carbocycles. The monoisotopic (exact) mass is 559 g/mol.